The molecular formula is C15H8Cl2FN. The van der Waals surface area contributed by atoms with Crippen LogP contribution >= 0.6 is 23.2 Å². The summed E-state index contributed by atoms with van der Waals surface area (Å²) in [6.07, 6.45) is 0. The average molecular weight is 292 g/mol. The normalized spacial score (nSPS) is 10.9. The van der Waals surface area contributed by atoms with Gasteiger partial charge in [-0.3, -0.25) is 0 Å². The highest BCUT2D eigenvalue weighted by atomic mass is 35.5. The summed E-state index contributed by atoms with van der Waals surface area (Å²) in [5.74, 6) is -0.497. The molecule has 94 valence electrons. The molecule has 3 aromatic rings. The zero-order valence-corrected chi connectivity index (χ0v) is 11.2. The lowest BCUT2D eigenvalue weighted by Gasteiger charge is -2.06. The highest BCUT2D eigenvalue weighted by Crippen LogP contribution is 2.31. The maximum atomic E-state index is 13.5. The highest BCUT2D eigenvalue weighted by Gasteiger charge is 2.09. The fourth-order valence-electron chi connectivity index (χ4n) is 1.94. The second kappa shape index (κ2) is 4.80. The van der Waals surface area contributed by atoms with Crippen LogP contribution in [0, 0.1) is 5.82 Å². The van der Waals surface area contributed by atoms with Gasteiger partial charge in [0.05, 0.1) is 21.3 Å². The van der Waals surface area contributed by atoms with Crippen molar-refractivity contribution in [3.8, 4) is 11.3 Å². The predicted molar refractivity (Wildman–Crippen MR) is 77.2 cm³/mol. The van der Waals surface area contributed by atoms with Crippen molar-refractivity contribution in [1.82, 2.24) is 4.98 Å². The molecule has 0 atom stereocenters. The highest BCUT2D eigenvalue weighted by molar-refractivity contribution is 6.37. The molecule has 0 unspecified atom stereocenters. The average Bonchev–Trinajstić information content (AvgIpc) is 2.42. The van der Waals surface area contributed by atoms with Gasteiger partial charge in [0.2, 0.25) is 0 Å². The number of benzene rings is 2. The first kappa shape index (κ1) is 12.4. The Balaban J connectivity index is 2.28. The minimum atomic E-state index is -0.497. The quantitative estimate of drug-likeness (QED) is 0.589. The Kier molecular flexibility index (Phi) is 3.13. The number of nitrogens with zero attached hydrogens (tertiary/aromatic N) is 1. The maximum absolute atomic E-state index is 13.5. The van der Waals surface area contributed by atoms with E-state index in [1.54, 1.807) is 6.07 Å². The monoisotopic (exact) mass is 291 g/mol. The van der Waals surface area contributed by atoms with Gasteiger partial charge in [-0.15, -0.1) is 0 Å². The Bertz CT molecular complexity index is 757. The Labute approximate surface area is 119 Å². The van der Waals surface area contributed by atoms with Crippen molar-refractivity contribution < 1.29 is 4.39 Å². The van der Waals surface area contributed by atoms with Crippen molar-refractivity contribution in [2.24, 2.45) is 0 Å². The molecule has 0 radical (unpaired) electrons. The first-order chi connectivity index (χ1) is 9.15. The van der Waals surface area contributed by atoms with Gasteiger partial charge in [0.1, 0.15) is 5.82 Å². The number of halogens is 3. The molecule has 0 amide bonds. The second-order valence-corrected chi connectivity index (χ2v) is 4.95. The van der Waals surface area contributed by atoms with Gasteiger partial charge in [-0.25, -0.2) is 9.37 Å². The van der Waals surface area contributed by atoms with Crippen LogP contribution in [-0.2, 0) is 0 Å². The largest absolute Gasteiger partial charge is 0.248 e. The predicted octanol–water partition coefficient (Wildman–Crippen LogP) is 5.35. The molecule has 19 heavy (non-hydrogen) atoms. The summed E-state index contributed by atoms with van der Waals surface area (Å²) in [4.78, 5) is 4.43. The van der Waals surface area contributed by atoms with Gasteiger partial charge in [0, 0.05) is 17.0 Å². The van der Waals surface area contributed by atoms with Crippen LogP contribution in [0.1, 0.15) is 0 Å². The summed E-state index contributed by atoms with van der Waals surface area (Å²) in [7, 11) is 0. The topological polar surface area (TPSA) is 12.9 Å². The molecule has 0 bridgehead atoms. The first-order valence-electron chi connectivity index (χ1n) is 5.66. The maximum Gasteiger partial charge on any atom is 0.143 e. The Morgan fingerprint density at radius 2 is 1.63 bits per heavy atom. The molecule has 1 nitrogen and oxygen atoms in total. The molecule has 1 aromatic heterocycles. The lowest BCUT2D eigenvalue weighted by Crippen LogP contribution is -1.88. The van der Waals surface area contributed by atoms with Crippen LogP contribution in [0.25, 0.3) is 22.2 Å². The molecular weight excluding hydrogens is 284 g/mol. The molecule has 4 heteroatoms. The lowest BCUT2D eigenvalue weighted by atomic mass is 10.1. The molecule has 2 aromatic carbocycles. The van der Waals surface area contributed by atoms with Gasteiger partial charge in [0.25, 0.3) is 0 Å². The number of hydrogen-bond acceptors (Lipinski definition) is 1. The SMILES string of the molecule is Fc1cc2nc(-c3ccccc3)cc(Cl)c2cc1Cl. The van der Waals surface area contributed by atoms with Crippen LogP contribution < -0.4 is 0 Å². The molecule has 3 rings (SSSR count). The van der Waals surface area contributed by atoms with Gasteiger partial charge in [-0.05, 0) is 12.1 Å². The third-order valence-electron chi connectivity index (χ3n) is 2.87. The molecule has 0 aliphatic carbocycles. The number of rotatable bonds is 1. The van der Waals surface area contributed by atoms with Gasteiger partial charge < -0.3 is 0 Å². The molecule has 0 N–H and O–H groups in total. The third-order valence-corrected chi connectivity index (χ3v) is 3.47. The molecule has 0 aliphatic heterocycles. The van der Waals surface area contributed by atoms with Crippen molar-refractivity contribution in [3.05, 3.63) is 64.4 Å². The Morgan fingerprint density at radius 1 is 0.895 bits per heavy atom. The van der Waals surface area contributed by atoms with Crippen LogP contribution in [-0.4, -0.2) is 4.98 Å². The third kappa shape index (κ3) is 2.29. The van der Waals surface area contributed by atoms with Crippen molar-refractivity contribution in [1.29, 1.82) is 0 Å². The zero-order chi connectivity index (χ0) is 13.4. The molecule has 1 heterocycles. The van der Waals surface area contributed by atoms with Crippen molar-refractivity contribution in [2.45, 2.75) is 0 Å². The number of aromatic nitrogens is 1. The van der Waals surface area contributed by atoms with Gasteiger partial charge >= 0.3 is 0 Å². The summed E-state index contributed by atoms with van der Waals surface area (Å²) in [6.45, 7) is 0. The van der Waals surface area contributed by atoms with Crippen LogP contribution in [0.15, 0.2) is 48.5 Å². The zero-order valence-electron chi connectivity index (χ0n) is 9.70. The Morgan fingerprint density at radius 3 is 2.37 bits per heavy atom. The Hall–Kier alpha value is -1.64. The minimum Gasteiger partial charge on any atom is -0.248 e. The fourth-order valence-corrected chi connectivity index (χ4v) is 2.36. The second-order valence-electron chi connectivity index (χ2n) is 4.14. The van der Waals surface area contributed by atoms with E-state index in [1.165, 1.54) is 12.1 Å². The van der Waals surface area contributed by atoms with Gasteiger partial charge in [0.15, 0.2) is 0 Å². The van der Waals surface area contributed by atoms with E-state index >= 15 is 0 Å². The lowest BCUT2D eigenvalue weighted by molar-refractivity contribution is 0.630. The van der Waals surface area contributed by atoms with Crippen LogP contribution in [0.4, 0.5) is 4.39 Å². The first-order valence-corrected chi connectivity index (χ1v) is 6.41. The number of pyridine rings is 1. The van der Waals surface area contributed by atoms with Crippen molar-refractivity contribution in [2.75, 3.05) is 0 Å². The standard InChI is InChI=1S/C15H8Cl2FN/c16-11-7-14(9-4-2-1-3-5-9)19-15-8-13(18)12(17)6-10(11)15/h1-8H. The summed E-state index contributed by atoms with van der Waals surface area (Å²) >= 11 is 12.0. The summed E-state index contributed by atoms with van der Waals surface area (Å²) in [6, 6.07) is 14.2. The van der Waals surface area contributed by atoms with E-state index in [0.717, 1.165) is 5.56 Å². The summed E-state index contributed by atoms with van der Waals surface area (Å²) < 4.78 is 13.5. The smallest absolute Gasteiger partial charge is 0.143 e. The summed E-state index contributed by atoms with van der Waals surface area (Å²) in [5, 5.41) is 1.20. The number of hydrogen-bond donors (Lipinski definition) is 0. The van der Waals surface area contributed by atoms with Crippen LogP contribution in [0.2, 0.25) is 10.0 Å². The molecule has 0 saturated heterocycles. The molecule has 0 saturated carbocycles. The van der Waals surface area contributed by atoms with Crippen LogP contribution in [0.3, 0.4) is 0 Å². The molecule has 0 fully saturated rings. The van der Waals surface area contributed by atoms with Crippen LogP contribution in [0.5, 0.6) is 0 Å². The van der Waals surface area contributed by atoms with E-state index in [0.29, 0.717) is 21.6 Å². The number of fused-ring (bicyclic) bond motifs is 1. The van der Waals surface area contributed by atoms with Gasteiger partial charge in [-0.2, -0.15) is 0 Å². The molecule has 0 spiro atoms. The fraction of sp³-hybridized carbons (Fsp3) is 0. The minimum absolute atomic E-state index is 0.0451. The van der Waals surface area contributed by atoms with E-state index in [2.05, 4.69) is 4.98 Å². The van der Waals surface area contributed by atoms with E-state index in [-0.39, 0.29) is 5.02 Å². The van der Waals surface area contributed by atoms with E-state index < -0.39 is 5.82 Å². The molecule has 0 aliphatic rings. The van der Waals surface area contributed by atoms with E-state index in [9.17, 15) is 4.39 Å². The van der Waals surface area contributed by atoms with Crippen molar-refractivity contribution in [3.63, 3.8) is 0 Å². The van der Waals surface area contributed by atoms with E-state index in [4.69, 9.17) is 23.2 Å². The van der Waals surface area contributed by atoms with Crippen molar-refractivity contribution >= 4 is 34.1 Å². The van der Waals surface area contributed by atoms with Gasteiger partial charge in [-0.1, -0.05) is 53.5 Å². The summed E-state index contributed by atoms with van der Waals surface area (Å²) in [5.41, 5.74) is 2.13. The van der Waals surface area contributed by atoms with E-state index in [1.807, 2.05) is 30.3 Å².